The summed E-state index contributed by atoms with van der Waals surface area (Å²) in [6.07, 6.45) is 0.294. The molecule has 7 nitrogen and oxygen atoms in total. The maximum absolute atomic E-state index is 12.1. The Morgan fingerprint density at radius 1 is 1.23 bits per heavy atom. The molecule has 22 heavy (non-hydrogen) atoms. The number of carbonyl (C=O) groups is 2. The summed E-state index contributed by atoms with van der Waals surface area (Å²) in [7, 11) is 1.25. The highest BCUT2D eigenvalue weighted by Crippen LogP contribution is 2.05. The van der Waals surface area contributed by atoms with Crippen molar-refractivity contribution in [2.75, 3.05) is 7.11 Å². The number of amides is 1. The molecule has 0 saturated carbocycles. The highest BCUT2D eigenvalue weighted by molar-refractivity contribution is 5.95. The third kappa shape index (κ3) is 4.02. The number of ether oxygens (including phenoxy) is 1. The molecule has 1 heterocycles. The van der Waals surface area contributed by atoms with Gasteiger partial charge in [0.25, 0.3) is 11.5 Å². The second-order valence-electron chi connectivity index (χ2n) is 4.55. The van der Waals surface area contributed by atoms with E-state index >= 15 is 0 Å². The quantitative estimate of drug-likeness (QED) is 0.773. The van der Waals surface area contributed by atoms with E-state index in [4.69, 9.17) is 4.74 Å². The number of hydrogen-bond acceptors (Lipinski definition) is 5. The van der Waals surface area contributed by atoms with E-state index in [1.54, 1.807) is 0 Å². The van der Waals surface area contributed by atoms with Gasteiger partial charge in [0, 0.05) is 12.5 Å². The van der Waals surface area contributed by atoms with Crippen LogP contribution in [0.5, 0.6) is 0 Å². The molecule has 0 saturated heterocycles. The molecular formula is C15H15N3O4. The SMILES string of the molecule is COC(=O)[C@@H](Cc1ccccc1)NC(=O)c1ccc(=O)[nH]n1. The van der Waals surface area contributed by atoms with Gasteiger partial charge in [0.2, 0.25) is 0 Å². The lowest BCUT2D eigenvalue weighted by molar-refractivity contribution is -0.142. The topological polar surface area (TPSA) is 101 Å². The van der Waals surface area contributed by atoms with Gasteiger partial charge in [-0.2, -0.15) is 5.10 Å². The number of H-pyrrole nitrogens is 1. The summed E-state index contributed by atoms with van der Waals surface area (Å²) in [5.41, 5.74) is 0.486. The van der Waals surface area contributed by atoms with Gasteiger partial charge in [-0.1, -0.05) is 30.3 Å². The van der Waals surface area contributed by atoms with E-state index in [-0.39, 0.29) is 5.69 Å². The van der Waals surface area contributed by atoms with Gasteiger partial charge in [0.15, 0.2) is 0 Å². The van der Waals surface area contributed by atoms with Crippen molar-refractivity contribution in [3.05, 3.63) is 64.1 Å². The molecule has 2 aromatic rings. The van der Waals surface area contributed by atoms with Crippen molar-refractivity contribution < 1.29 is 14.3 Å². The van der Waals surface area contributed by atoms with E-state index in [0.29, 0.717) is 6.42 Å². The lowest BCUT2D eigenvalue weighted by Crippen LogP contribution is -2.43. The minimum Gasteiger partial charge on any atom is -0.467 e. The molecule has 0 bridgehead atoms. The van der Waals surface area contributed by atoms with Crippen LogP contribution in [0.1, 0.15) is 16.1 Å². The molecule has 1 aromatic carbocycles. The minimum atomic E-state index is -0.839. The molecule has 0 unspecified atom stereocenters. The first-order chi connectivity index (χ1) is 10.6. The average Bonchev–Trinajstić information content (AvgIpc) is 2.55. The minimum absolute atomic E-state index is 0.0153. The summed E-state index contributed by atoms with van der Waals surface area (Å²) in [5, 5.41) is 8.34. The fourth-order valence-corrected chi connectivity index (χ4v) is 1.89. The third-order valence-corrected chi connectivity index (χ3v) is 2.99. The van der Waals surface area contributed by atoms with Crippen molar-refractivity contribution in [2.24, 2.45) is 0 Å². The number of rotatable bonds is 5. The van der Waals surface area contributed by atoms with Crippen LogP contribution in [0.15, 0.2) is 47.3 Å². The Hall–Kier alpha value is -2.96. The number of benzene rings is 1. The highest BCUT2D eigenvalue weighted by atomic mass is 16.5. The molecule has 1 aromatic heterocycles. The van der Waals surface area contributed by atoms with Gasteiger partial charge in [-0.25, -0.2) is 9.89 Å². The van der Waals surface area contributed by atoms with Crippen LogP contribution in [0, 0.1) is 0 Å². The lowest BCUT2D eigenvalue weighted by atomic mass is 10.1. The van der Waals surface area contributed by atoms with Crippen molar-refractivity contribution in [1.29, 1.82) is 0 Å². The van der Waals surface area contributed by atoms with Crippen LogP contribution in [-0.2, 0) is 16.0 Å². The predicted octanol–water partition coefficient (Wildman–Crippen LogP) is 0.284. The van der Waals surface area contributed by atoms with Crippen molar-refractivity contribution in [1.82, 2.24) is 15.5 Å². The van der Waals surface area contributed by atoms with E-state index in [2.05, 4.69) is 15.5 Å². The average molecular weight is 301 g/mol. The van der Waals surface area contributed by atoms with Crippen LogP contribution in [0.2, 0.25) is 0 Å². The molecular weight excluding hydrogens is 286 g/mol. The Morgan fingerprint density at radius 2 is 1.95 bits per heavy atom. The Bertz CT molecular complexity index is 692. The number of aromatic nitrogens is 2. The predicted molar refractivity (Wildman–Crippen MR) is 78.3 cm³/mol. The normalized spacial score (nSPS) is 11.5. The van der Waals surface area contributed by atoms with Crippen LogP contribution in [0.4, 0.5) is 0 Å². The molecule has 2 rings (SSSR count). The Morgan fingerprint density at radius 3 is 2.55 bits per heavy atom. The monoisotopic (exact) mass is 301 g/mol. The molecule has 0 aliphatic rings. The largest absolute Gasteiger partial charge is 0.467 e. The van der Waals surface area contributed by atoms with Crippen LogP contribution in [0.3, 0.4) is 0 Å². The molecule has 7 heteroatoms. The lowest BCUT2D eigenvalue weighted by Gasteiger charge is -2.16. The molecule has 2 N–H and O–H groups in total. The molecule has 0 aliphatic heterocycles. The second kappa shape index (κ2) is 7.16. The van der Waals surface area contributed by atoms with Crippen LogP contribution >= 0.6 is 0 Å². The van der Waals surface area contributed by atoms with E-state index in [1.807, 2.05) is 30.3 Å². The van der Waals surface area contributed by atoms with Crippen LogP contribution < -0.4 is 10.9 Å². The smallest absolute Gasteiger partial charge is 0.328 e. The number of carbonyl (C=O) groups excluding carboxylic acids is 2. The van der Waals surface area contributed by atoms with Crippen LogP contribution in [-0.4, -0.2) is 35.2 Å². The van der Waals surface area contributed by atoms with Gasteiger partial charge in [-0.05, 0) is 11.6 Å². The summed E-state index contributed by atoms with van der Waals surface area (Å²) < 4.78 is 4.71. The van der Waals surface area contributed by atoms with Crippen molar-refractivity contribution >= 4 is 11.9 Å². The summed E-state index contributed by atoms with van der Waals surface area (Å²) in [6, 6.07) is 10.9. The van der Waals surface area contributed by atoms with Crippen LogP contribution in [0.25, 0.3) is 0 Å². The zero-order chi connectivity index (χ0) is 15.9. The van der Waals surface area contributed by atoms with Gasteiger partial charge < -0.3 is 10.1 Å². The van der Waals surface area contributed by atoms with E-state index < -0.39 is 23.5 Å². The first kappa shape index (κ1) is 15.4. The molecule has 0 spiro atoms. The molecule has 114 valence electrons. The van der Waals surface area contributed by atoms with E-state index in [0.717, 1.165) is 5.56 Å². The summed E-state index contributed by atoms with van der Waals surface area (Å²) >= 11 is 0. The van der Waals surface area contributed by atoms with Gasteiger partial charge >= 0.3 is 5.97 Å². The first-order valence-electron chi connectivity index (χ1n) is 6.58. The number of nitrogens with one attached hydrogen (secondary N) is 2. The second-order valence-corrected chi connectivity index (χ2v) is 4.55. The molecule has 0 fully saturated rings. The summed E-state index contributed by atoms with van der Waals surface area (Å²) in [5.74, 6) is -1.12. The Kier molecular flexibility index (Phi) is 5.02. The highest BCUT2D eigenvalue weighted by Gasteiger charge is 2.23. The van der Waals surface area contributed by atoms with Gasteiger partial charge in [0.05, 0.1) is 7.11 Å². The molecule has 1 amide bonds. The maximum Gasteiger partial charge on any atom is 0.328 e. The van der Waals surface area contributed by atoms with Gasteiger partial charge in [0.1, 0.15) is 11.7 Å². The Labute approximate surface area is 126 Å². The van der Waals surface area contributed by atoms with Crippen molar-refractivity contribution in [2.45, 2.75) is 12.5 Å². The number of methoxy groups -OCH3 is 1. The van der Waals surface area contributed by atoms with E-state index in [1.165, 1.54) is 19.2 Å². The summed E-state index contributed by atoms with van der Waals surface area (Å²) in [6.45, 7) is 0. The molecule has 0 radical (unpaired) electrons. The zero-order valence-corrected chi connectivity index (χ0v) is 11.9. The fraction of sp³-hybridized carbons (Fsp3) is 0.200. The third-order valence-electron chi connectivity index (χ3n) is 2.99. The summed E-state index contributed by atoms with van der Waals surface area (Å²) in [4.78, 5) is 34.8. The van der Waals surface area contributed by atoms with Crippen molar-refractivity contribution in [3.8, 4) is 0 Å². The number of aromatic amines is 1. The zero-order valence-electron chi connectivity index (χ0n) is 11.9. The number of hydrogen-bond donors (Lipinski definition) is 2. The molecule has 0 aliphatic carbocycles. The van der Waals surface area contributed by atoms with Gasteiger partial charge in [-0.15, -0.1) is 0 Å². The molecule has 1 atom stereocenters. The van der Waals surface area contributed by atoms with Gasteiger partial charge in [-0.3, -0.25) is 9.59 Å². The first-order valence-corrected chi connectivity index (χ1v) is 6.58. The number of esters is 1. The standard InChI is InChI=1S/C15H15N3O4/c1-22-15(21)12(9-10-5-3-2-4-6-10)16-14(20)11-7-8-13(19)18-17-11/h2-8,12H,9H2,1H3,(H,16,20)(H,18,19)/t12-/m1/s1. The van der Waals surface area contributed by atoms with E-state index in [9.17, 15) is 14.4 Å². The Balaban J connectivity index is 2.12. The van der Waals surface area contributed by atoms with Crippen molar-refractivity contribution in [3.63, 3.8) is 0 Å². The number of nitrogens with zero attached hydrogens (tertiary/aromatic N) is 1. The fourth-order valence-electron chi connectivity index (χ4n) is 1.89. The maximum atomic E-state index is 12.1.